The van der Waals surface area contributed by atoms with E-state index in [0.717, 1.165) is 0 Å². The number of halogens is 1. The molecule has 0 aliphatic carbocycles. The van der Waals surface area contributed by atoms with Gasteiger partial charge in [-0.05, 0) is 13.3 Å². The predicted octanol–water partition coefficient (Wildman–Crippen LogP) is 1.37. The van der Waals surface area contributed by atoms with Gasteiger partial charge < -0.3 is 10.4 Å². The number of carboxylic acid groups (broad SMARTS) is 1. The van der Waals surface area contributed by atoms with Gasteiger partial charge in [-0.15, -0.1) is 0 Å². The zero-order valence-corrected chi connectivity index (χ0v) is 11.3. The fourth-order valence-electron chi connectivity index (χ4n) is 1.50. The second-order valence-electron chi connectivity index (χ2n) is 4.02. The maximum atomic E-state index is 11.9. The van der Waals surface area contributed by atoms with Gasteiger partial charge in [-0.2, -0.15) is 5.10 Å². The molecule has 0 saturated heterocycles. The lowest BCUT2D eigenvalue weighted by molar-refractivity contribution is -0.139. The number of carbonyl (C=O) groups excluding carboxylic acids is 1. The molecule has 18 heavy (non-hydrogen) atoms. The highest BCUT2D eigenvalue weighted by Gasteiger charge is 2.24. The van der Waals surface area contributed by atoms with Crippen molar-refractivity contribution in [2.45, 2.75) is 32.7 Å². The highest BCUT2D eigenvalue weighted by molar-refractivity contribution is 6.34. The number of hydrogen-bond acceptors (Lipinski definition) is 3. The molecule has 1 rings (SSSR count). The number of aryl methyl sites for hydroxylation is 1. The van der Waals surface area contributed by atoms with Crippen molar-refractivity contribution in [1.82, 2.24) is 15.1 Å². The molecule has 1 heterocycles. The molecule has 0 saturated carbocycles. The minimum absolute atomic E-state index is 0.0546. The third-order valence-electron chi connectivity index (χ3n) is 2.66. The second-order valence-corrected chi connectivity index (χ2v) is 4.40. The molecule has 1 unspecified atom stereocenters. The van der Waals surface area contributed by atoms with Crippen LogP contribution < -0.4 is 5.32 Å². The molecule has 0 aromatic carbocycles. The number of carboxylic acids is 1. The quantitative estimate of drug-likeness (QED) is 0.848. The topological polar surface area (TPSA) is 84.2 Å². The monoisotopic (exact) mass is 273 g/mol. The van der Waals surface area contributed by atoms with E-state index in [0.29, 0.717) is 18.5 Å². The number of carbonyl (C=O) groups is 2. The third kappa shape index (κ3) is 3.01. The number of nitrogens with one attached hydrogen (secondary N) is 1. The van der Waals surface area contributed by atoms with Crippen LogP contribution in [0, 0.1) is 6.92 Å². The molecule has 1 aromatic heterocycles. The maximum Gasteiger partial charge on any atom is 0.326 e. The van der Waals surface area contributed by atoms with E-state index in [4.69, 9.17) is 16.7 Å². The van der Waals surface area contributed by atoms with Gasteiger partial charge in [0.05, 0.1) is 10.7 Å². The van der Waals surface area contributed by atoms with Crippen LogP contribution in [0.4, 0.5) is 0 Å². The Bertz CT molecular complexity index is 470. The van der Waals surface area contributed by atoms with Crippen LogP contribution in [0.1, 0.15) is 35.9 Å². The summed E-state index contributed by atoms with van der Waals surface area (Å²) < 4.78 is 1.48. The summed E-state index contributed by atoms with van der Waals surface area (Å²) in [5, 5.41) is 15.6. The Balaban J connectivity index is 2.87. The van der Waals surface area contributed by atoms with Gasteiger partial charge in [0, 0.05) is 7.05 Å². The smallest absolute Gasteiger partial charge is 0.326 e. The van der Waals surface area contributed by atoms with Crippen LogP contribution in [0.3, 0.4) is 0 Å². The lowest BCUT2D eigenvalue weighted by atomic mass is 10.1. The number of nitrogens with zero attached hydrogens (tertiary/aromatic N) is 2. The summed E-state index contributed by atoms with van der Waals surface area (Å²) in [5.41, 5.74) is 0.711. The first-order valence-corrected chi connectivity index (χ1v) is 5.99. The zero-order chi connectivity index (χ0) is 13.9. The van der Waals surface area contributed by atoms with Gasteiger partial charge >= 0.3 is 5.97 Å². The standard InChI is InChI=1S/C11H16ClN3O3/c1-4-5-7(11(17)18)13-10(16)9-8(12)6(2)15(3)14-9/h7H,4-5H2,1-3H3,(H,13,16)(H,17,18). The highest BCUT2D eigenvalue weighted by Crippen LogP contribution is 2.19. The van der Waals surface area contributed by atoms with E-state index < -0.39 is 17.9 Å². The Morgan fingerprint density at radius 1 is 1.56 bits per heavy atom. The molecule has 7 heteroatoms. The van der Waals surface area contributed by atoms with Crippen molar-refractivity contribution in [3.05, 3.63) is 16.4 Å². The molecule has 1 amide bonds. The van der Waals surface area contributed by atoms with E-state index in [9.17, 15) is 9.59 Å². The molecule has 0 fully saturated rings. The van der Waals surface area contributed by atoms with E-state index >= 15 is 0 Å². The number of aromatic nitrogens is 2. The minimum Gasteiger partial charge on any atom is -0.480 e. The number of amides is 1. The van der Waals surface area contributed by atoms with E-state index in [1.54, 1.807) is 14.0 Å². The van der Waals surface area contributed by atoms with Crippen molar-refractivity contribution < 1.29 is 14.7 Å². The van der Waals surface area contributed by atoms with Crippen LogP contribution in [0.2, 0.25) is 5.02 Å². The molecule has 0 aliphatic rings. The normalized spacial score (nSPS) is 12.2. The highest BCUT2D eigenvalue weighted by atomic mass is 35.5. The van der Waals surface area contributed by atoms with Gasteiger partial charge in [-0.25, -0.2) is 4.79 Å². The summed E-state index contributed by atoms with van der Waals surface area (Å²) >= 11 is 5.96. The van der Waals surface area contributed by atoms with Gasteiger partial charge in [-0.3, -0.25) is 9.48 Å². The van der Waals surface area contributed by atoms with Crippen LogP contribution in [0.15, 0.2) is 0 Å². The van der Waals surface area contributed by atoms with Gasteiger partial charge in [0.15, 0.2) is 5.69 Å². The largest absolute Gasteiger partial charge is 0.480 e. The van der Waals surface area contributed by atoms with Gasteiger partial charge in [0.2, 0.25) is 0 Å². The summed E-state index contributed by atoms with van der Waals surface area (Å²) in [5.74, 6) is -1.63. The van der Waals surface area contributed by atoms with Crippen molar-refractivity contribution in [2.75, 3.05) is 0 Å². The van der Waals surface area contributed by atoms with Gasteiger partial charge in [0.25, 0.3) is 5.91 Å². The Labute approximate surface area is 110 Å². The lowest BCUT2D eigenvalue weighted by Crippen LogP contribution is -2.40. The van der Waals surface area contributed by atoms with Crippen molar-refractivity contribution in [2.24, 2.45) is 7.05 Å². The molecule has 0 spiro atoms. The van der Waals surface area contributed by atoms with Crippen LogP contribution in [0.25, 0.3) is 0 Å². The Morgan fingerprint density at radius 2 is 2.17 bits per heavy atom. The fourth-order valence-corrected chi connectivity index (χ4v) is 1.75. The van der Waals surface area contributed by atoms with Crippen LogP contribution in [0.5, 0.6) is 0 Å². The van der Waals surface area contributed by atoms with Crippen LogP contribution in [-0.4, -0.2) is 32.8 Å². The van der Waals surface area contributed by atoms with Crippen molar-refractivity contribution in [3.8, 4) is 0 Å². The molecule has 1 atom stereocenters. The fraction of sp³-hybridized carbons (Fsp3) is 0.545. The van der Waals surface area contributed by atoms with Gasteiger partial charge in [-0.1, -0.05) is 24.9 Å². The average molecular weight is 274 g/mol. The van der Waals surface area contributed by atoms with E-state index in [-0.39, 0.29) is 10.7 Å². The molecule has 0 radical (unpaired) electrons. The van der Waals surface area contributed by atoms with Crippen molar-refractivity contribution >= 4 is 23.5 Å². The molecule has 2 N–H and O–H groups in total. The average Bonchev–Trinajstić information content (AvgIpc) is 2.56. The molecule has 1 aromatic rings. The third-order valence-corrected chi connectivity index (χ3v) is 3.11. The lowest BCUT2D eigenvalue weighted by Gasteiger charge is -2.12. The van der Waals surface area contributed by atoms with E-state index in [1.807, 2.05) is 6.92 Å². The van der Waals surface area contributed by atoms with Crippen LogP contribution >= 0.6 is 11.6 Å². The molecular formula is C11H16ClN3O3. The first-order valence-electron chi connectivity index (χ1n) is 5.61. The SMILES string of the molecule is CCCC(NC(=O)c1nn(C)c(C)c1Cl)C(=O)O. The molecular weight excluding hydrogens is 258 g/mol. The number of aliphatic carboxylic acids is 1. The Hall–Kier alpha value is -1.56. The molecule has 6 nitrogen and oxygen atoms in total. The summed E-state index contributed by atoms with van der Waals surface area (Å²) in [6.45, 7) is 3.58. The molecule has 0 aliphatic heterocycles. The maximum absolute atomic E-state index is 11.9. The molecule has 100 valence electrons. The van der Waals surface area contributed by atoms with E-state index in [1.165, 1.54) is 4.68 Å². The van der Waals surface area contributed by atoms with Gasteiger partial charge in [0.1, 0.15) is 6.04 Å². The van der Waals surface area contributed by atoms with Crippen LogP contribution in [-0.2, 0) is 11.8 Å². The number of rotatable bonds is 5. The van der Waals surface area contributed by atoms with E-state index in [2.05, 4.69) is 10.4 Å². The summed E-state index contributed by atoms with van der Waals surface area (Å²) in [6, 6.07) is -0.916. The number of hydrogen-bond donors (Lipinski definition) is 2. The molecule has 0 bridgehead atoms. The van der Waals surface area contributed by atoms with Crippen molar-refractivity contribution in [3.63, 3.8) is 0 Å². The first-order chi connectivity index (χ1) is 8.38. The zero-order valence-electron chi connectivity index (χ0n) is 10.5. The Morgan fingerprint density at radius 3 is 2.56 bits per heavy atom. The summed E-state index contributed by atoms with van der Waals surface area (Å²) in [4.78, 5) is 22.8. The second kappa shape index (κ2) is 5.86. The summed E-state index contributed by atoms with van der Waals surface area (Å²) in [6.07, 6.45) is 1.02. The predicted molar refractivity (Wildman–Crippen MR) is 66.8 cm³/mol. The minimum atomic E-state index is -1.06. The Kier molecular flexibility index (Phi) is 4.72. The summed E-state index contributed by atoms with van der Waals surface area (Å²) in [7, 11) is 1.67. The van der Waals surface area contributed by atoms with Crippen molar-refractivity contribution in [1.29, 1.82) is 0 Å². The first kappa shape index (κ1) is 14.5.